The highest BCUT2D eigenvalue weighted by Gasteiger charge is 2.28. The van der Waals surface area contributed by atoms with Crippen LogP contribution in [0.15, 0.2) is 273 Å². The fraction of sp³-hybridized carbons (Fsp3) is 0.0680. The van der Waals surface area contributed by atoms with E-state index in [1.54, 1.807) is 48.5 Å². The number of fused-ring (bicyclic) bond motifs is 4. The van der Waals surface area contributed by atoms with E-state index < -0.39 is 23.9 Å². The van der Waals surface area contributed by atoms with Gasteiger partial charge < -0.3 is 40.9 Å². The van der Waals surface area contributed by atoms with Gasteiger partial charge >= 0.3 is 23.9 Å². The molecule has 4 heterocycles. The van der Waals surface area contributed by atoms with E-state index in [4.69, 9.17) is 20.4 Å². The molecule has 0 spiro atoms. The first-order valence-corrected chi connectivity index (χ1v) is 41.7. The smallest absolute Gasteiger partial charge is 0.328 e. The number of rotatable bonds is 20. The number of aromatic hydroxyl groups is 4. The van der Waals surface area contributed by atoms with Gasteiger partial charge in [-0.3, -0.25) is 19.2 Å². The van der Waals surface area contributed by atoms with Crippen molar-refractivity contribution in [3.05, 3.63) is 376 Å². The third-order valence-corrected chi connectivity index (χ3v) is 24.9. The number of thiophene rings is 4. The number of aliphatic carboxylic acids is 4. The molecule has 0 saturated carbocycles. The molecule has 0 amide bonds. The zero-order valence-corrected chi connectivity index (χ0v) is 70.5. The third-order valence-electron chi connectivity index (χ3n) is 20.3. The molecule has 0 aliphatic heterocycles. The fourth-order valence-corrected chi connectivity index (χ4v) is 19.2. The first kappa shape index (κ1) is 86.1. The predicted molar refractivity (Wildman–Crippen MR) is 495 cm³/mol. The van der Waals surface area contributed by atoms with E-state index in [1.807, 2.05) is 249 Å². The minimum atomic E-state index is -1.01. The van der Waals surface area contributed by atoms with Gasteiger partial charge in [0.15, 0.2) is 0 Å². The number of phenolic OH excluding ortho intramolecular Hbond substituents is 4. The zero-order valence-electron chi connectivity index (χ0n) is 67.3. The second-order valence-corrected chi connectivity index (χ2v) is 33.4. The summed E-state index contributed by atoms with van der Waals surface area (Å²) < 4.78 is 3.32. The minimum absolute atomic E-state index is 0.0527. The van der Waals surface area contributed by atoms with Gasteiger partial charge in [-0.2, -0.15) is 0 Å². The summed E-state index contributed by atoms with van der Waals surface area (Å²) in [5, 5.41) is 78.6. The van der Waals surface area contributed by atoms with Crippen LogP contribution in [0.4, 0.5) is 0 Å². The summed E-state index contributed by atoms with van der Waals surface area (Å²) >= 11 is 5.46. The van der Waals surface area contributed by atoms with Crippen molar-refractivity contribution in [1.82, 2.24) is 0 Å². The lowest BCUT2D eigenvalue weighted by Gasteiger charge is -2.08. The molecule has 0 bridgehead atoms. The second kappa shape index (κ2) is 37.7. The van der Waals surface area contributed by atoms with Crippen molar-refractivity contribution in [2.45, 2.75) is 48.5 Å². The number of aryl methyl sites for hydroxylation is 7. The Morgan fingerprint density at radius 3 is 0.675 bits per heavy atom. The van der Waals surface area contributed by atoms with E-state index in [9.17, 15) is 58.8 Å². The molecule has 4 aromatic heterocycles. The summed E-state index contributed by atoms with van der Waals surface area (Å²) in [5.74, 6) is -3.63. The van der Waals surface area contributed by atoms with Crippen LogP contribution in [0.5, 0.6) is 23.0 Å². The molecule has 0 saturated heterocycles. The van der Waals surface area contributed by atoms with Gasteiger partial charge in [-0.1, -0.05) is 193 Å². The quantitative estimate of drug-likeness (QED) is 0.0260. The Morgan fingerprint density at radius 1 is 0.244 bits per heavy atom. The maximum atomic E-state index is 13.5. The van der Waals surface area contributed by atoms with E-state index in [1.165, 1.54) is 69.7 Å². The summed E-state index contributed by atoms with van der Waals surface area (Å²) in [6.45, 7) is 13.7. The molecule has 8 N–H and O–H groups in total. The molecule has 20 heteroatoms. The fourth-order valence-electron chi connectivity index (χ4n) is 14.4. The first-order valence-electron chi connectivity index (χ1n) is 38.5. The van der Waals surface area contributed by atoms with Gasteiger partial charge in [0.25, 0.3) is 0 Å². The Morgan fingerprint density at radius 2 is 0.463 bits per heavy atom. The Kier molecular flexibility index (Phi) is 26.3. The van der Waals surface area contributed by atoms with E-state index in [0.717, 1.165) is 170 Å². The highest BCUT2D eigenvalue weighted by Crippen LogP contribution is 2.47. The third kappa shape index (κ3) is 20.1. The Balaban J connectivity index is 0.000000141. The van der Waals surface area contributed by atoms with Crippen LogP contribution in [0, 0.1) is 48.5 Å². The summed E-state index contributed by atoms with van der Waals surface area (Å²) in [5.41, 5.74) is 19.3. The lowest BCUT2D eigenvalue weighted by atomic mass is 9.95. The minimum Gasteiger partial charge on any atom is -0.508 e. The van der Waals surface area contributed by atoms with Crippen LogP contribution in [0.2, 0.25) is 0 Å². The molecule has 0 aliphatic carbocycles. The van der Waals surface area contributed by atoms with Crippen molar-refractivity contribution in [2.75, 3.05) is 0 Å². The van der Waals surface area contributed by atoms with Crippen molar-refractivity contribution >= 4 is 157 Å². The van der Waals surface area contributed by atoms with E-state index in [2.05, 4.69) is 0 Å². The number of hydrogen-bond donors (Lipinski definition) is 8. The van der Waals surface area contributed by atoms with Gasteiger partial charge in [0.05, 0.1) is 19.5 Å². The van der Waals surface area contributed by atoms with Gasteiger partial charge in [-0.15, -0.1) is 45.3 Å². The lowest BCUT2D eigenvalue weighted by Crippen LogP contribution is -2.03. The SMILES string of the molecule is Cc1ccc(C(=O)c2sc3cc(O)ccc3c2-c2ccc(/C=C/C(=O)O)cc2)c(C)c1.Cc1ccc(C(=O)c2sc3cc(O)ccc3c2-c2ccc(/C=C/C(=O)O)cc2)c(C)c1.Cc1ccc(C(=O)c2sc3cc(O)ccc3c2-c2ccc(/C=C/C(=O)O)cc2)c(C)c1.Cc1ccccc1C(=O)c1sc2cc(O)ccc2c1-c1ccc(/C=C/C(=O)O)cc1. The van der Waals surface area contributed by atoms with Gasteiger partial charge in [0.1, 0.15) is 23.0 Å². The van der Waals surface area contributed by atoms with Crippen LogP contribution in [0.3, 0.4) is 0 Å². The maximum Gasteiger partial charge on any atom is 0.328 e. The largest absolute Gasteiger partial charge is 0.508 e. The Bertz CT molecular complexity index is 6500. The number of phenols is 4. The van der Waals surface area contributed by atoms with Crippen molar-refractivity contribution in [3.8, 4) is 67.5 Å². The van der Waals surface area contributed by atoms with Crippen molar-refractivity contribution in [3.63, 3.8) is 0 Å². The Labute approximate surface area is 723 Å². The number of ketones is 4. The molecule has 0 unspecified atom stereocenters. The topological polar surface area (TPSA) is 298 Å². The molecule has 16 nitrogen and oxygen atoms in total. The number of benzene rings is 12. The number of carbonyl (C=O) groups excluding carboxylic acids is 4. The molecule has 0 atom stereocenters. The van der Waals surface area contributed by atoms with Crippen molar-refractivity contribution < 1.29 is 79.2 Å². The average Bonchev–Trinajstić information content (AvgIpc) is 1.63. The molecule has 16 rings (SSSR count). The monoisotopic (exact) mass is 1700 g/mol. The summed E-state index contributed by atoms with van der Waals surface area (Å²) in [6, 6.07) is 75.0. The molecular formula is C103H78O16S4. The average molecular weight is 1700 g/mol. The number of carbonyl (C=O) groups is 8. The van der Waals surface area contributed by atoms with Crippen LogP contribution < -0.4 is 0 Å². The van der Waals surface area contributed by atoms with E-state index in [0.29, 0.717) is 41.8 Å². The Hall–Kier alpha value is -14.8. The van der Waals surface area contributed by atoms with Gasteiger partial charge in [-0.25, -0.2) is 19.2 Å². The van der Waals surface area contributed by atoms with Gasteiger partial charge in [-0.05, 0) is 212 Å². The van der Waals surface area contributed by atoms with Crippen LogP contribution >= 0.6 is 45.3 Å². The molecular weight excluding hydrogens is 1620 g/mol. The van der Waals surface area contributed by atoms with Crippen LogP contribution in [0.25, 0.3) is 109 Å². The number of hydrogen-bond acceptors (Lipinski definition) is 16. The maximum absolute atomic E-state index is 13.5. The molecule has 610 valence electrons. The van der Waals surface area contributed by atoms with Crippen molar-refractivity contribution in [1.29, 1.82) is 0 Å². The molecule has 12 aromatic carbocycles. The van der Waals surface area contributed by atoms with E-state index >= 15 is 0 Å². The molecule has 0 fully saturated rings. The van der Waals surface area contributed by atoms with Gasteiger partial charge in [0, 0.05) is 109 Å². The zero-order chi connectivity index (χ0) is 87.6. The highest BCUT2D eigenvalue weighted by molar-refractivity contribution is 7.23. The summed E-state index contributed by atoms with van der Waals surface area (Å²) in [6.07, 6.45) is 10.5. The molecule has 0 radical (unpaired) electrons. The van der Waals surface area contributed by atoms with Crippen molar-refractivity contribution in [2.24, 2.45) is 0 Å². The predicted octanol–water partition coefficient (Wildman–Crippen LogP) is 24.6. The lowest BCUT2D eigenvalue weighted by molar-refractivity contribution is -0.132. The standard InChI is InChI=1S/3C26H20O4S.C25H18O4S/c3*1-15-3-10-20(16(2)13-15)25(30)26-24(21-11-9-19(27)14-22(21)31-26)18-7-4-17(5-8-18)6-12-23(28)29;1-15-4-2-3-5-19(15)24(29)25-23(20-12-11-18(26)14-21(20)30-25)17-9-6-16(7-10-17)8-13-22(27)28/h3*3-14,27H,1-2H3,(H,28,29);2-14,26H,1H3,(H,27,28)/b3*12-6+;13-8+. The molecule has 16 aromatic rings. The normalized spacial score (nSPS) is 11.3. The van der Waals surface area contributed by atoms with Gasteiger partial charge in [0.2, 0.25) is 23.1 Å². The van der Waals surface area contributed by atoms with Crippen LogP contribution in [0.1, 0.15) is 122 Å². The van der Waals surface area contributed by atoms with Crippen LogP contribution in [-0.2, 0) is 19.2 Å². The van der Waals surface area contributed by atoms with Crippen LogP contribution in [-0.4, -0.2) is 87.9 Å². The first-order chi connectivity index (χ1) is 58.9. The summed E-state index contributed by atoms with van der Waals surface area (Å²) in [7, 11) is 0. The molecule has 0 aliphatic rings. The highest BCUT2D eigenvalue weighted by atomic mass is 32.1. The second-order valence-electron chi connectivity index (χ2n) is 29.2. The number of carboxylic acids is 4. The molecule has 123 heavy (non-hydrogen) atoms. The summed E-state index contributed by atoms with van der Waals surface area (Å²) in [4.78, 5) is 99.5. The van der Waals surface area contributed by atoms with E-state index in [-0.39, 0.29) is 46.1 Å². The number of carboxylic acid groups (broad SMARTS) is 4.